The Bertz CT molecular complexity index is 2810. The maximum absolute atomic E-state index is 2.45. The molecule has 3 nitrogen and oxygen atoms in total. The Balaban J connectivity index is 1.05. The van der Waals surface area contributed by atoms with Crippen molar-refractivity contribution in [3.8, 4) is 0 Å². The molecule has 2 unspecified atom stereocenters. The zero-order valence-corrected chi connectivity index (χ0v) is 44.7. The molecule has 0 aliphatic rings. The molecule has 0 N–H and O–H groups in total. The maximum atomic E-state index is 2.45. The molecular formula is C71H75N3. The van der Waals surface area contributed by atoms with E-state index < -0.39 is 0 Å². The minimum Gasteiger partial charge on any atom is -0.311 e. The topological polar surface area (TPSA) is 9.72 Å². The third-order valence-electron chi connectivity index (χ3n) is 15.5. The van der Waals surface area contributed by atoms with Gasteiger partial charge in [-0.15, -0.1) is 0 Å². The zero-order valence-electron chi connectivity index (χ0n) is 44.7. The van der Waals surface area contributed by atoms with Crippen molar-refractivity contribution in [2.45, 2.75) is 110 Å². The number of benzene rings is 9. The summed E-state index contributed by atoms with van der Waals surface area (Å²) in [5.74, 6) is 0.453. The first-order valence-electron chi connectivity index (χ1n) is 27.3. The highest BCUT2D eigenvalue weighted by Crippen LogP contribution is 2.45. The van der Waals surface area contributed by atoms with Gasteiger partial charge in [0, 0.05) is 62.0 Å². The van der Waals surface area contributed by atoms with Crippen LogP contribution in [0.4, 0.5) is 51.2 Å². The van der Waals surface area contributed by atoms with Crippen molar-refractivity contribution in [3.05, 3.63) is 270 Å². The Kier molecular flexibility index (Phi) is 16.6. The SMILES string of the molecule is CCCCCC(C)(c1ccc(N(c2ccccc2)c2ccccc2)cc1)c1ccc(N(c2ccc(C(C)C)cc2)c2ccc(C(C)(CCCCC)c3ccc(N(c4ccccc4)c4ccccc4)cc3)cc2)cc1. The summed E-state index contributed by atoms with van der Waals surface area (Å²) < 4.78 is 0. The summed E-state index contributed by atoms with van der Waals surface area (Å²) in [6.45, 7) is 14.0. The van der Waals surface area contributed by atoms with E-state index in [2.05, 4.69) is 299 Å². The van der Waals surface area contributed by atoms with Crippen molar-refractivity contribution >= 4 is 51.2 Å². The molecule has 0 radical (unpaired) electrons. The molecule has 9 aromatic rings. The van der Waals surface area contributed by atoms with E-state index in [1.54, 1.807) is 0 Å². The largest absolute Gasteiger partial charge is 0.311 e. The van der Waals surface area contributed by atoms with Crippen LogP contribution in [0.3, 0.4) is 0 Å². The van der Waals surface area contributed by atoms with Gasteiger partial charge in [-0.2, -0.15) is 0 Å². The van der Waals surface area contributed by atoms with E-state index in [0.29, 0.717) is 5.92 Å². The molecule has 0 spiro atoms. The highest BCUT2D eigenvalue weighted by atomic mass is 15.2. The van der Waals surface area contributed by atoms with Crippen LogP contribution in [0.5, 0.6) is 0 Å². The standard InChI is InChI=1S/C71H75N3/c1-7-9-23-53-70(5,57-35-45-66(46-36-57)72(61-25-15-11-16-26-61)62-27-17-12-18-28-62)59-39-49-68(50-40-59)74(65-43-33-56(34-44-65)55(3)4)69-51-41-60(42-52-69)71(6,54-24-10-8-2)58-37-47-67(48-38-58)73(63-29-19-13-20-30-63)64-31-21-14-22-32-64/h11-22,25-52,55H,7-10,23-24,53-54H2,1-6H3. The molecule has 0 saturated heterocycles. The Morgan fingerprint density at radius 3 is 0.716 bits per heavy atom. The Morgan fingerprint density at radius 1 is 0.284 bits per heavy atom. The summed E-state index contributed by atoms with van der Waals surface area (Å²) in [6, 6.07) is 89.6. The maximum Gasteiger partial charge on any atom is 0.0461 e. The van der Waals surface area contributed by atoms with Gasteiger partial charge in [-0.25, -0.2) is 0 Å². The second-order valence-electron chi connectivity index (χ2n) is 20.9. The summed E-state index contributed by atoms with van der Waals surface area (Å²) in [4.78, 5) is 7.13. The van der Waals surface area contributed by atoms with E-state index in [9.17, 15) is 0 Å². The van der Waals surface area contributed by atoms with Crippen LogP contribution in [0.15, 0.2) is 243 Å². The Morgan fingerprint density at radius 2 is 0.500 bits per heavy atom. The van der Waals surface area contributed by atoms with Crippen LogP contribution < -0.4 is 14.7 Å². The number of anilines is 9. The van der Waals surface area contributed by atoms with E-state index in [4.69, 9.17) is 0 Å². The van der Waals surface area contributed by atoms with Gasteiger partial charge < -0.3 is 14.7 Å². The number of para-hydroxylation sites is 4. The Labute approximate surface area is 443 Å². The van der Waals surface area contributed by atoms with Gasteiger partial charge in [0.15, 0.2) is 0 Å². The molecule has 9 aromatic carbocycles. The quantitative estimate of drug-likeness (QED) is 0.0627. The molecule has 374 valence electrons. The smallest absolute Gasteiger partial charge is 0.0461 e. The van der Waals surface area contributed by atoms with Crippen molar-refractivity contribution in [2.75, 3.05) is 14.7 Å². The first kappa shape index (κ1) is 51.3. The lowest BCUT2D eigenvalue weighted by Gasteiger charge is -2.34. The van der Waals surface area contributed by atoms with E-state index in [-0.39, 0.29) is 10.8 Å². The molecule has 2 atom stereocenters. The van der Waals surface area contributed by atoms with Gasteiger partial charge in [-0.3, -0.25) is 0 Å². The number of nitrogens with zero attached hydrogens (tertiary/aromatic N) is 3. The van der Waals surface area contributed by atoms with Crippen molar-refractivity contribution in [1.82, 2.24) is 0 Å². The van der Waals surface area contributed by atoms with Crippen LogP contribution >= 0.6 is 0 Å². The van der Waals surface area contributed by atoms with Crippen LogP contribution in [0.25, 0.3) is 0 Å². The lowest BCUT2D eigenvalue weighted by atomic mass is 9.72. The van der Waals surface area contributed by atoms with E-state index in [0.717, 1.165) is 64.0 Å². The molecule has 0 bridgehead atoms. The van der Waals surface area contributed by atoms with Gasteiger partial charge in [-0.05, 0) is 156 Å². The minimum absolute atomic E-state index is 0.177. The average molecular weight is 970 g/mol. The van der Waals surface area contributed by atoms with Gasteiger partial charge in [0.2, 0.25) is 0 Å². The van der Waals surface area contributed by atoms with Crippen molar-refractivity contribution in [1.29, 1.82) is 0 Å². The second kappa shape index (κ2) is 23.9. The fraction of sp³-hybridized carbons (Fsp3) is 0.239. The van der Waals surface area contributed by atoms with Crippen LogP contribution in [0, 0.1) is 0 Å². The van der Waals surface area contributed by atoms with Gasteiger partial charge in [0.1, 0.15) is 0 Å². The molecule has 0 aromatic heterocycles. The number of hydrogen-bond acceptors (Lipinski definition) is 3. The summed E-state index contributed by atoms with van der Waals surface area (Å²) in [6.07, 6.45) is 9.27. The predicted molar refractivity (Wildman–Crippen MR) is 319 cm³/mol. The minimum atomic E-state index is -0.177. The summed E-state index contributed by atoms with van der Waals surface area (Å²) >= 11 is 0. The normalized spacial score (nSPS) is 13.0. The number of hydrogen-bond donors (Lipinski definition) is 0. The van der Waals surface area contributed by atoms with E-state index in [1.807, 2.05) is 0 Å². The molecule has 0 aliphatic heterocycles. The van der Waals surface area contributed by atoms with Gasteiger partial charge >= 0.3 is 0 Å². The molecule has 0 fully saturated rings. The van der Waals surface area contributed by atoms with Crippen molar-refractivity contribution in [2.24, 2.45) is 0 Å². The van der Waals surface area contributed by atoms with Crippen molar-refractivity contribution < 1.29 is 0 Å². The Hall–Kier alpha value is -7.62. The van der Waals surface area contributed by atoms with E-state index >= 15 is 0 Å². The molecule has 0 heterocycles. The highest BCUT2D eigenvalue weighted by Gasteiger charge is 2.31. The number of unbranched alkanes of at least 4 members (excludes halogenated alkanes) is 4. The summed E-state index contributed by atoms with van der Waals surface area (Å²) in [7, 11) is 0. The van der Waals surface area contributed by atoms with Crippen LogP contribution in [-0.4, -0.2) is 0 Å². The molecule has 9 rings (SSSR count). The first-order chi connectivity index (χ1) is 36.2. The molecule has 3 heteroatoms. The van der Waals surface area contributed by atoms with Gasteiger partial charge in [0.05, 0.1) is 0 Å². The summed E-state index contributed by atoms with van der Waals surface area (Å²) in [5, 5.41) is 0. The molecule has 0 saturated carbocycles. The zero-order chi connectivity index (χ0) is 51.3. The van der Waals surface area contributed by atoms with Gasteiger partial charge in [0.25, 0.3) is 0 Å². The lowest BCUT2D eigenvalue weighted by molar-refractivity contribution is 0.483. The molecule has 0 amide bonds. The average Bonchev–Trinajstić information content (AvgIpc) is 3.46. The fourth-order valence-electron chi connectivity index (χ4n) is 10.9. The van der Waals surface area contributed by atoms with Crippen LogP contribution in [0.2, 0.25) is 0 Å². The van der Waals surface area contributed by atoms with E-state index in [1.165, 1.54) is 66.3 Å². The third kappa shape index (κ3) is 11.4. The second-order valence-corrected chi connectivity index (χ2v) is 20.9. The third-order valence-corrected chi connectivity index (χ3v) is 15.5. The first-order valence-corrected chi connectivity index (χ1v) is 27.3. The van der Waals surface area contributed by atoms with Gasteiger partial charge in [-0.1, -0.05) is 214 Å². The monoisotopic (exact) mass is 970 g/mol. The summed E-state index contributed by atoms with van der Waals surface area (Å²) in [5.41, 5.74) is 16.7. The van der Waals surface area contributed by atoms with Crippen molar-refractivity contribution in [3.63, 3.8) is 0 Å². The molecule has 74 heavy (non-hydrogen) atoms. The fourth-order valence-corrected chi connectivity index (χ4v) is 10.9. The number of rotatable bonds is 22. The predicted octanol–water partition coefficient (Wildman–Crippen LogP) is 21.0. The molecular weight excluding hydrogens is 895 g/mol. The molecule has 0 aliphatic carbocycles. The lowest BCUT2D eigenvalue weighted by Crippen LogP contribution is -2.24. The van der Waals surface area contributed by atoms with Crippen LogP contribution in [0.1, 0.15) is 127 Å². The van der Waals surface area contributed by atoms with Crippen LogP contribution in [-0.2, 0) is 10.8 Å². The highest BCUT2D eigenvalue weighted by molar-refractivity contribution is 5.79.